The van der Waals surface area contributed by atoms with Gasteiger partial charge in [0.25, 0.3) is 0 Å². The molecule has 0 bridgehead atoms. The van der Waals surface area contributed by atoms with Gasteiger partial charge in [0.2, 0.25) is 0 Å². The molecule has 0 saturated heterocycles. The van der Waals surface area contributed by atoms with Gasteiger partial charge in [-0.15, -0.1) is 0 Å². The highest BCUT2D eigenvalue weighted by Crippen LogP contribution is 2.35. The minimum atomic E-state index is -2.55. The zero-order valence-electron chi connectivity index (χ0n) is 12.9. The molecule has 112 valence electrons. The second-order valence-corrected chi connectivity index (χ2v) is 5.53. The summed E-state index contributed by atoms with van der Waals surface area (Å²) in [6.07, 6.45) is 1.77. The van der Waals surface area contributed by atoms with Gasteiger partial charge < -0.3 is 14.3 Å². The molecule has 1 aromatic rings. The maximum Gasteiger partial charge on any atom is 1.00 e. The Balaban J connectivity index is 0.00000400. The van der Waals surface area contributed by atoms with E-state index < -0.39 is 14.4 Å². The van der Waals surface area contributed by atoms with Crippen LogP contribution in [-0.2, 0) is 13.6 Å². The van der Waals surface area contributed by atoms with Crippen LogP contribution in [0.2, 0.25) is 0 Å². The van der Waals surface area contributed by atoms with Crippen LogP contribution in [0.15, 0.2) is 35.5 Å². The molecule has 5 nitrogen and oxygen atoms in total. The van der Waals surface area contributed by atoms with Gasteiger partial charge in [-0.2, -0.15) is 0 Å². The number of hydrogen-bond acceptors (Lipinski definition) is 5. The van der Waals surface area contributed by atoms with Crippen molar-refractivity contribution in [1.29, 1.82) is 0 Å². The van der Waals surface area contributed by atoms with E-state index in [2.05, 4.69) is 5.16 Å². The summed E-state index contributed by atoms with van der Waals surface area (Å²) in [4.78, 5) is 0. The Hall–Kier alpha value is -1.16. The number of rotatable bonds is 9. The normalized spacial score (nSPS) is 15.0. The molecular weight excluding hydrogens is 277 g/mol. The van der Waals surface area contributed by atoms with Crippen molar-refractivity contribution in [1.82, 2.24) is 0 Å². The first-order valence-electron chi connectivity index (χ1n) is 6.73. The quantitative estimate of drug-likeness (QED) is 0.243. The Morgan fingerprint density at radius 3 is 2.75 bits per heavy atom. The van der Waals surface area contributed by atoms with Crippen LogP contribution in [0.1, 0.15) is 46.2 Å². The molecule has 0 amide bonds. The molecule has 0 heterocycles. The standard InChI is InChI=1S/C14H22NO4P/c1-3-4-10-18-20(17)19-14(11-12(2)15-16)13-8-6-5-7-9-13/h5-9,14,16,20H,3-4,10-11H2,1-2H3/p+1. The van der Waals surface area contributed by atoms with Crippen LogP contribution in [0.3, 0.4) is 0 Å². The predicted octanol–water partition coefficient (Wildman–Crippen LogP) is 4.30. The second-order valence-electron chi connectivity index (χ2n) is 4.51. The van der Waals surface area contributed by atoms with Gasteiger partial charge in [-0.3, -0.25) is 4.57 Å². The average Bonchev–Trinajstić information content (AvgIpc) is 2.47. The fraction of sp³-hybridized carbons (Fsp3) is 0.500. The van der Waals surface area contributed by atoms with Gasteiger partial charge in [0.15, 0.2) is 0 Å². The SMILES string of the molecule is CCCCO[PH](=O)OC(CC(C)=NO)c1ccccc1.[H+]. The zero-order chi connectivity index (χ0) is 14.8. The lowest BCUT2D eigenvalue weighted by Crippen LogP contribution is -2.06. The summed E-state index contributed by atoms with van der Waals surface area (Å²) >= 11 is 0. The molecule has 1 rings (SSSR count). The van der Waals surface area contributed by atoms with Gasteiger partial charge in [0.1, 0.15) is 0 Å². The van der Waals surface area contributed by atoms with E-state index in [1.165, 1.54) is 0 Å². The van der Waals surface area contributed by atoms with Crippen LogP contribution in [0.5, 0.6) is 0 Å². The van der Waals surface area contributed by atoms with Crippen molar-refractivity contribution in [2.45, 2.75) is 39.2 Å². The molecule has 20 heavy (non-hydrogen) atoms. The number of nitrogens with zero attached hydrogens (tertiary/aromatic N) is 1. The maximum absolute atomic E-state index is 11.8. The lowest BCUT2D eigenvalue weighted by Gasteiger charge is -2.17. The second kappa shape index (κ2) is 9.70. The molecule has 2 unspecified atom stereocenters. The highest BCUT2D eigenvalue weighted by molar-refractivity contribution is 7.33. The summed E-state index contributed by atoms with van der Waals surface area (Å²) in [5.41, 5.74) is 1.40. The summed E-state index contributed by atoms with van der Waals surface area (Å²) in [6.45, 7) is 4.16. The Morgan fingerprint density at radius 2 is 2.15 bits per heavy atom. The van der Waals surface area contributed by atoms with Crippen LogP contribution in [0, 0.1) is 0 Å². The molecule has 0 aliphatic heterocycles. The first-order chi connectivity index (χ1) is 9.67. The summed E-state index contributed by atoms with van der Waals surface area (Å²) in [5, 5.41) is 11.9. The largest absolute Gasteiger partial charge is 1.00 e. The average molecular weight is 300 g/mol. The van der Waals surface area contributed by atoms with Crippen LogP contribution >= 0.6 is 8.25 Å². The lowest BCUT2D eigenvalue weighted by molar-refractivity contribution is 0.167. The van der Waals surface area contributed by atoms with E-state index in [1.54, 1.807) is 6.92 Å². The first-order valence-corrected chi connectivity index (χ1v) is 7.95. The van der Waals surface area contributed by atoms with E-state index in [1.807, 2.05) is 37.3 Å². The fourth-order valence-electron chi connectivity index (χ4n) is 1.65. The molecular formula is C14H23NO4P+. The Bertz CT molecular complexity index is 442. The third kappa shape index (κ3) is 6.33. The monoisotopic (exact) mass is 300 g/mol. The van der Waals surface area contributed by atoms with Gasteiger partial charge >= 0.3 is 9.68 Å². The predicted molar refractivity (Wildman–Crippen MR) is 80.8 cm³/mol. The summed E-state index contributed by atoms with van der Waals surface area (Å²) in [7, 11) is -2.55. The number of hydrogen-bond donors (Lipinski definition) is 1. The summed E-state index contributed by atoms with van der Waals surface area (Å²) in [6, 6.07) is 9.43. The van der Waals surface area contributed by atoms with Crippen molar-refractivity contribution in [3.8, 4) is 0 Å². The van der Waals surface area contributed by atoms with E-state index in [9.17, 15) is 4.57 Å². The van der Waals surface area contributed by atoms with Gasteiger partial charge in [-0.05, 0) is 18.9 Å². The van der Waals surface area contributed by atoms with Crippen molar-refractivity contribution < 1.29 is 20.2 Å². The van der Waals surface area contributed by atoms with E-state index >= 15 is 0 Å². The zero-order valence-corrected chi connectivity index (χ0v) is 12.9. The van der Waals surface area contributed by atoms with Crippen molar-refractivity contribution in [2.24, 2.45) is 5.16 Å². The van der Waals surface area contributed by atoms with Gasteiger partial charge in [-0.1, -0.05) is 48.8 Å². The molecule has 1 N–H and O–H groups in total. The molecule has 0 saturated carbocycles. The Labute approximate surface area is 122 Å². The number of oxime groups is 1. The summed E-state index contributed by atoms with van der Waals surface area (Å²) < 4.78 is 22.5. The third-order valence-corrected chi connectivity index (χ3v) is 3.70. The van der Waals surface area contributed by atoms with E-state index in [-0.39, 0.29) is 1.43 Å². The molecule has 6 heteroatoms. The molecule has 0 aliphatic carbocycles. The van der Waals surface area contributed by atoms with Crippen molar-refractivity contribution in [3.63, 3.8) is 0 Å². The van der Waals surface area contributed by atoms with Crippen molar-refractivity contribution >= 4 is 14.0 Å². The molecule has 2 atom stereocenters. The molecule has 0 aromatic heterocycles. The van der Waals surface area contributed by atoms with Crippen molar-refractivity contribution in [3.05, 3.63) is 35.9 Å². The Morgan fingerprint density at radius 1 is 1.45 bits per heavy atom. The first kappa shape index (κ1) is 16.9. The highest BCUT2D eigenvalue weighted by atomic mass is 31.1. The third-order valence-electron chi connectivity index (χ3n) is 2.78. The van der Waals surface area contributed by atoms with E-state index in [4.69, 9.17) is 14.3 Å². The maximum atomic E-state index is 11.8. The fourth-order valence-corrected chi connectivity index (χ4v) is 2.49. The molecule has 0 fully saturated rings. The topological polar surface area (TPSA) is 68.1 Å². The van der Waals surface area contributed by atoms with E-state index in [0.717, 1.165) is 18.4 Å². The number of benzene rings is 1. The Kier molecular flexibility index (Phi) is 8.19. The lowest BCUT2D eigenvalue weighted by atomic mass is 10.0. The molecule has 0 radical (unpaired) electrons. The van der Waals surface area contributed by atoms with Crippen molar-refractivity contribution in [2.75, 3.05) is 6.61 Å². The van der Waals surface area contributed by atoms with Crippen LogP contribution in [0.4, 0.5) is 0 Å². The van der Waals surface area contributed by atoms with Gasteiger partial charge in [0.05, 0.1) is 18.4 Å². The summed E-state index contributed by atoms with van der Waals surface area (Å²) in [5.74, 6) is 0. The minimum Gasteiger partial charge on any atom is -0.411 e. The highest BCUT2D eigenvalue weighted by Gasteiger charge is 2.17. The van der Waals surface area contributed by atoms with Crippen LogP contribution < -0.4 is 0 Å². The smallest absolute Gasteiger partial charge is 0.411 e. The molecule has 1 aromatic carbocycles. The number of unbranched alkanes of at least 4 members (excludes halogenated alkanes) is 1. The molecule has 0 spiro atoms. The molecule has 0 aliphatic rings. The van der Waals surface area contributed by atoms with E-state index in [0.29, 0.717) is 18.7 Å². The van der Waals surface area contributed by atoms with Gasteiger partial charge in [-0.25, -0.2) is 0 Å². The van der Waals surface area contributed by atoms with Crippen LogP contribution in [-0.4, -0.2) is 17.5 Å². The van der Waals surface area contributed by atoms with Crippen LogP contribution in [0.25, 0.3) is 0 Å². The minimum absolute atomic E-state index is 0. The van der Waals surface area contributed by atoms with Gasteiger partial charge in [0, 0.05) is 6.42 Å².